The van der Waals surface area contributed by atoms with E-state index in [0.29, 0.717) is 0 Å². The Hall–Kier alpha value is -0.490. The number of hydrogen-bond donors (Lipinski definition) is 1. The van der Waals surface area contributed by atoms with E-state index in [1.807, 2.05) is 6.20 Å². The predicted molar refractivity (Wildman–Crippen MR) is 73.4 cm³/mol. The quantitative estimate of drug-likeness (QED) is 0.922. The Labute approximate surface area is 116 Å². The van der Waals surface area contributed by atoms with Crippen molar-refractivity contribution in [1.82, 2.24) is 4.98 Å². The van der Waals surface area contributed by atoms with Gasteiger partial charge in [-0.1, -0.05) is 0 Å². The fourth-order valence-electron chi connectivity index (χ4n) is 2.45. The van der Waals surface area contributed by atoms with Crippen LogP contribution in [0.2, 0.25) is 0 Å². The van der Waals surface area contributed by atoms with E-state index >= 15 is 0 Å². The molecule has 100 valence electrons. The Balaban J connectivity index is 2.07. The third-order valence-electron chi connectivity index (χ3n) is 3.64. The minimum absolute atomic E-state index is 0.0394. The first-order chi connectivity index (χ1) is 8.66. The largest absolute Gasteiger partial charge is 0.381 e. The second kappa shape index (κ2) is 6.10. The van der Waals surface area contributed by atoms with Crippen LogP contribution in [0.25, 0.3) is 0 Å². The van der Waals surface area contributed by atoms with E-state index in [4.69, 9.17) is 15.2 Å². The first-order valence-corrected chi connectivity index (χ1v) is 6.93. The van der Waals surface area contributed by atoms with Crippen LogP contribution in [0, 0.1) is 0 Å². The molecule has 5 heteroatoms. The van der Waals surface area contributed by atoms with E-state index in [9.17, 15) is 0 Å². The van der Waals surface area contributed by atoms with Crippen molar-refractivity contribution in [3.63, 3.8) is 0 Å². The number of aromatic nitrogens is 1. The second-order valence-electron chi connectivity index (χ2n) is 4.70. The maximum atomic E-state index is 6.35. The zero-order valence-electron chi connectivity index (χ0n) is 10.6. The molecule has 0 aromatic carbocycles. The lowest BCUT2D eigenvalue weighted by Crippen LogP contribution is -2.53. The SMILES string of the molecule is COC1(C(N)Cc2cncc(Br)c2)CCOCC1. The summed E-state index contributed by atoms with van der Waals surface area (Å²) < 4.78 is 12.1. The number of ether oxygens (including phenoxy) is 2. The maximum absolute atomic E-state index is 6.35. The molecule has 0 amide bonds. The molecule has 1 aliphatic heterocycles. The zero-order valence-corrected chi connectivity index (χ0v) is 12.1. The molecule has 0 aliphatic carbocycles. The molecule has 1 saturated heterocycles. The first-order valence-electron chi connectivity index (χ1n) is 6.14. The van der Waals surface area contributed by atoms with Gasteiger partial charge in [0.25, 0.3) is 0 Å². The normalized spacial score (nSPS) is 20.6. The number of methoxy groups -OCH3 is 1. The molecule has 1 fully saturated rings. The van der Waals surface area contributed by atoms with Crippen molar-refractivity contribution in [3.8, 4) is 0 Å². The maximum Gasteiger partial charge on any atom is 0.0875 e. The molecule has 0 radical (unpaired) electrons. The Morgan fingerprint density at radius 2 is 2.22 bits per heavy atom. The molecule has 1 atom stereocenters. The van der Waals surface area contributed by atoms with Crippen molar-refractivity contribution in [3.05, 3.63) is 28.5 Å². The summed E-state index contributed by atoms with van der Waals surface area (Å²) in [4.78, 5) is 4.16. The van der Waals surface area contributed by atoms with E-state index in [1.165, 1.54) is 0 Å². The van der Waals surface area contributed by atoms with Gasteiger partial charge in [-0.15, -0.1) is 0 Å². The highest BCUT2D eigenvalue weighted by Crippen LogP contribution is 2.29. The second-order valence-corrected chi connectivity index (χ2v) is 5.62. The highest BCUT2D eigenvalue weighted by atomic mass is 79.9. The topological polar surface area (TPSA) is 57.4 Å². The molecule has 1 aromatic rings. The monoisotopic (exact) mass is 314 g/mol. The molecular formula is C13H19BrN2O2. The van der Waals surface area contributed by atoms with Gasteiger partial charge in [0, 0.05) is 56.1 Å². The van der Waals surface area contributed by atoms with Gasteiger partial charge in [-0.2, -0.15) is 0 Å². The minimum atomic E-state index is -0.263. The van der Waals surface area contributed by atoms with Crippen molar-refractivity contribution in [1.29, 1.82) is 0 Å². The van der Waals surface area contributed by atoms with E-state index in [2.05, 4.69) is 27.0 Å². The van der Waals surface area contributed by atoms with Gasteiger partial charge in [-0.3, -0.25) is 4.98 Å². The number of nitrogens with two attached hydrogens (primary N) is 1. The number of hydrogen-bond acceptors (Lipinski definition) is 4. The van der Waals surface area contributed by atoms with Gasteiger partial charge < -0.3 is 15.2 Å². The van der Waals surface area contributed by atoms with E-state index in [-0.39, 0.29) is 11.6 Å². The third-order valence-corrected chi connectivity index (χ3v) is 4.07. The van der Waals surface area contributed by atoms with Gasteiger partial charge in [0.1, 0.15) is 0 Å². The fraction of sp³-hybridized carbons (Fsp3) is 0.615. The van der Waals surface area contributed by atoms with Gasteiger partial charge in [-0.05, 0) is 34.0 Å². The summed E-state index contributed by atoms with van der Waals surface area (Å²) in [6.45, 7) is 1.44. The standard InChI is InChI=1S/C13H19BrN2O2/c1-17-13(2-4-18-5-3-13)12(15)7-10-6-11(14)9-16-8-10/h6,8-9,12H,2-5,7,15H2,1H3. The summed E-state index contributed by atoms with van der Waals surface area (Å²) in [5.41, 5.74) is 7.21. The number of halogens is 1. The molecule has 4 nitrogen and oxygen atoms in total. The number of rotatable bonds is 4. The Kier molecular flexibility index (Phi) is 4.72. The van der Waals surface area contributed by atoms with E-state index < -0.39 is 0 Å². The van der Waals surface area contributed by atoms with Crippen molar-refractivity contribution in [2.45, 2.75) is 30.9 Å². The lowest BCUT2D eigenvalue weighted by atomic mass is 9.83. The van der Waals surface area contributed by atoms with Crippen LogP contribution in [0.4, 0.5) is 0 Å². The van der Waals surface area contributed by atoms with Crippen LogP contribution in [0.15, 0.2) is 22.9 Å². The van der Waals surface area contributed by atoms with Gasteiger partial charge in [0.15, 0.2) is 0 Å². The fourth-order valence-corrected chi connectivity index (χ4v) is 2.86. The van der Waals surface area contributed by atoms with Gasteiger partial charge in [-0.25, -0.2) is 0 Å². The molecule has 18 heavy (non-hydrogen) atoms. The summed E-state index contributed by atoms with van der Waals surface area (Å²) in [5, 5.41) is 0. The Morgan fingerprint density at radius 1 is 1.50 bits per heavy atom. The van der Waals surface area contributed by atoms with Crippen LogP contribution in [0.1, 0.15) is 18.4 Å². The average Bonchev–Trinajstić information content (AvgIpc) is 2.39. The number of pyridine rings is 1. The lowest BCUT2D eigenvalue weighted by molar-refractivity contribution is -0.103. The van der Waals surface area contributed by atoms with E-state index in [1.54, 1.807) is 13.3 Å². The summed E-state index contributed by atoms with van der Waals surface area (Å²) in [7, 11) is 1.74. The minimum Gasteiger partial charge on any atom is -0.381 e. The third kappa shape index (κ3) is 3.09. The molecule has 1 unspecified atom stereocenters. The molecule has 2 N–H and O–H groups in total. The molecule has 0 spiro atoms. The van der Waals surface area contributed by atoms with Gasteiger partial charge in [0.05, 0.1) is 5.60 Å². The van der Waals surface area contributed by atoms with Crippen molar-refractivity contribution in [2.24, 2.45) is 5.73 Å². The van der Waals surface area contributed by atoms with Crippen molar-refractivity contribution in [2.75, 3.05) is 20.3 Å². The molecule has 0 saturated carbocycles. The molecule has 2 rings (SSSR count). The molecule has 1 aliphatic rings. The molecule has 1 aromatic heterocycles. The molecule has 0 bridgehead atoms. The van der Waals surface area contributed by atoms with Crippen LogP contribution in [0.5, 0.6) is 0 Å². The van der Waals surface area contributed by atoms with Crippen molar-refractivity contribution < 1.29 is 9.47 Å². The van der Waals surface area contributed by atoms with Gasteiger partial charge in [0.2, 0.25) is 0 Å². The number of nitrogens with zero attached hydrogens (tertiary/aromatic N) is 1. The molecule has 2 heterocycles. The zero-order chi connectivity index (χ0) is 13.0. The first kappa shape index (κ1) is 13.9. The van der Waals surface area contributed by atoms with E-state index in [0.717, 1.165) is 42.5 Å². The summed E-state index contributed by atoms with van der Waals surface area (Å²) in [5.74, 6) is 0. The van der Waals surface area contributed by atoms with Crippen LogP contribution in [-0.2, 0) is 15.9 Å². The van der Waals surface area contributed by atoms with Crippen LogP contribution in [-0.4, -0.2) is 37.0 Å². The average molecular weight is 315 g/mol. The summed E-state index contributed by atoms with van der Waals surface area (Å²) >= 11 is 3.42. The summed E-state index contributed by atoms with van der Waals surface area (Å²) in [6, 6.07) is 2.01. The van der Waals surface area contributed by atoms with Crippen molar-refractivity contribution >= 4 is 15.9 Å². The van der Waals surface area contributed by atoms with Gasteiger partial charge >= 0.3 is 0 Å². The summed E-state index contributed by atoms with van der Waals surface area (Å²) in [6.07, 6.45) is 6.10. The lowest BCUT2D eigenvalue weighted by Gasteiger charge is -2.40. The van der Waals surface area contributed by atoms with Crippen LogP contribution >= 0.6 is 15.9 Å². The molecular weight excluding hydrogens is 296 g/mol. The smallest absolute Gasteiger partial charge is 0.0875 e. The Bertz CT molecular complexity index is 394. The predicted octanol–water partition coefficient (Wildman–Crippen LogP) is 1.91. The Morgan fingerprint density at radius 3 is 2.83 bits per heavy atom. The highest BCUT2D eigenvalue weighted by molar-refractivity contribution is 9.10. The van der Waals surface area contributed by atoms with Crippen LogP contribution < -0.4 is 5.73 Å². The highest BCUT2D eigenvalue weighted by Gasteiger charge is 2.38. The van der Waals surface area contributed by atoms with Crippen LogP contribution in [0.3, 0.4) is 0 Å².